The van der Waals surface area contributed by atoms with Gasteiger partial charge in [-0.1, -0.05) is 11.6 Å². The Morgan fingerprint density at radius 3 is 3.00 bits per heavy atom. The molecule has 2 N–H and O–H groups in total. The van der Waals surface area contributed by atoms with Gasteiger partial charge in [0.1, 0.15) is 12.4 Å². The maximum absolute atomic E-state index is 11.2. The summed E-state index contributed by atoms with van der Waals surface area (Å²) in [6.07, 6.45) is 0.507. The lowest BCUT2D eigenvalue weighted by Crippen LogP contribution is -2.46. The van der Waals surface area contributed by atoms with E-state index in [1.54, 1.807) is 13.0 Å². The Morgan fingerprint density at radius 2 is 2.42 bits per heavy atom. The summed E-state index contributed by atoms with van der Waals surface area (Å²) in [4.78, 5) is 15.3. The molecule has 2 heterocycles. The minimum Gasteiger partial charge on any atom is -0.490 e. The highest BCUT2D eigenvalue weighted by Crippen LogP contribution is 2.28. The van der Waals surface area contributed by atoms with Crippen molar-refractivity contribution in [2.45, 2.75) is 19.4 Å². The Balaban J connectivity index is 2.08. The summed E-state index contributed by atoms with van der Waals surface area (Å²) in [7, 11) is 1.28. The monoisotopic (exact) mass is 285 g/mol. The fraction of sp³-hybridized carbons (Fsp3) is 0.500. The van der Waals surface area contributed by atoms with E-state index in [0.717, 1.165) is 13.0 Å². The van der Waals surface area contributed by atoms with E-state index in [2.05, 4.69) is 20.4 Å². The molecule has 6 nitrogen and oxygen atoms in total. The lowest BCUT2D eigenvalue weighted by Gasteiger charge is -2.27. The number of nitrogens with one attached hydrogen (secondary N) is 2. The Kier molecular flexibility index (Phi) is 4.44. The molecule has 1 fully saturated rings. The number of pyridine rings is 1. The second kappa shape index (κ2) is 6.08. The number of aryl methyl sites for hydroxylation is 1. The zero-order chi connectivity index (χ0) is 13.8. The largest absolute Gasteiger partial charge is 0.490 e. The third-order valence-electron chi connectivity index (χ3n) is 2.91. The first-order valence-electron chi connectivity index (χ1n) is 5.98. The van der Waals surface area contributed by atoms with Gasteiger partial charge in [0.05, 0.1) is 18.5 Å². The number of nitrogens with zero attached hydrogens (tertiary/aromatic N) is 1. The van der Waals surface area contributed by atoms with Crippen LogP contribution < -0.4 is 15.4 Å². The second-order valence-corrected chi connectivity index (χ2v) is 4.64. The number of methoxy groups -OCH3 is 1. The molecule has 1 saturated heterocycles. The van der Waals surface area contributed by atoms with E-state index in [9.17, 15) is 4.79 Å². The van der Waals surface area contributed by atoms with Gasteiger partial charge in [-0.2, -0.15) is 0 Å². The molecule has 0 aromatic carbocycles. The van der Waals surface area contributed by atoms with Crippen molar-refractivity contribution in [3.63, 3.8) is 0 Å². The van der Waals surface area contributed by atoms with E-state index >= 15 is 0 Å². The number of hydrogen-bond acceptors (Lipinski definition) is 5. The molecule has 104 valence electrons. The Labute approximate surface area is 116 Å². The lowest BCUT2D eigenvalue weighted by molar-refractivity contribution is 0.187. The summed E-state index contributed by atoms with van der Waals surface area (Å²) < 4.78 is 10.2. The second-order valence-electron chi connectivity index (χ2n) is 4.28. The molecule has 0 bridgehead atoms. The molecule has 1 aromatic heterocycles. The van der Waals surface area contributed by atoms with Gasteiger partial charge in [0.2, 0.25) is 0 Å². The molecular weight excluding hydrogens is 270 g/mol. The third-order valence-corrected chi connectivity index (χ3v) is 3.20. The van der Waals surface area contributed by atoms with Crippen molar-refractivity contribution in [1.29, 1.82) is 0 Å². The highest BCUT2D eigenvalue weighted by molar-refractivity contribution is 6.32. The van der Waals surface area contributed by atoms with E-state index in [0.29, 0.717) is 29.8 Å². The number of amides is 1. The zero-order valence-electron chi connectivity index (χ0n) is 10.8. The minimum absolute atomic E-state index is 0.206. The first-order chi connectivity index (χ1) is 9.10. The Bertz CT molecular complexity index is 478. The molecule has 7 heteroatoms. The molecule has 1 amide bonds. The average molecular weight is 286 g/mol. The van der Waals surface area contributed by atoms with Crippen molar-refractivity contribution in [3.8, 4) is 5.75 Å². The first-order valence-corrected chi connectivity index (χ1v) is 6.36. The summed E-state index contributed by atoms with van der Waals surface area (Å²) >= 11 is 5.95. The van der Waals surface area contributed by atoms with Gasteiger partial charge in [0.15, 0.2) is 5.15 Å². The van der Waals surface area contributed by atoms with Crippen molar-refractivity contribution in [2.75, 3.05) is 25.6 Å². The van der Waals surface area contributed by atoms with Crippen molar-refractivity contribution in [2.24, 2.45) is 0 Å². The summed E-state index contributed by atoms with van der Waals surface area (Å²) in [6.45, 7) is 3.40. The topological polar surface area (TPSA) is 72.5 Å². The molecule has 0 saturated carbocycles. The van der Waals surface area contributed by atoms with Crippen LogP contribution in [0.1, 0.15) is 12.1 Å². The fourth-order valence-corrected chi connectivity index (χ4v) is 1.86. The van der Waals surface area contributed by atoms with Gasteiger partial charge in [-0.05, 0) is 19.9 Å². The van der Waals surface area contributed by atoms with E-state index in [1.807, 2.05) is 0 Å². The number of carbonyl (C=O) groups is 1. The number of halogens is 1. The third kappa shape index (κ3) is 3.48. The maximum Gasteiger partial charge on any atom is 0.411 e. The zero-order valence-corrected chi connectivity index (χ0v) is 11.6. The number of anilines is 1. The summed E-state index contributed by atoms with van der Waals surface area (Å²) in [5.41, 5.74) is 1.05. The van der Waals surface area contributed by atoms with Gasteiger partial charge < -0.3 is 14.8 Å². The average Bonchev–Trinajstić information content (AvgIpc) is 2.32. The van der Waals surface area contributed by atoms with Gasteiger partial charge in [0, 0.05) is 12.1 Å². The van der Waals surface area contributed by atoms with Gasteiger partial charge in [-0.25, -0.2) is 9.78 Å². The predicted molar refractivity (Wildman–Crippen MR) is 71.9 cm³/mol. The smallest absolute Gasteiger partial charge is 0.411 e. The van der Waals surface area contributed by atoms with Crippen LogP contribution in [0.25, 0.3) is 0 Å². The van der Waals surface area contributed by atoms with Crippen molar-refractivity contribution < 1.29 is 14.3 Å². The first kappa shape index (κ1) is 13.9. The van der Waals surface area contributed by atoms with Crippen molar-refractivity contribution in [3.05, 3.63) is 16.9 Å². The highest BCUT2D eigenvalue weighted by Gasteiger charge is 2.18. The van der Waals surface area contributed by atoms with Crippen LogP contribution in [0.5, 0.6) is 5.75 Å². The number of hydrogen-bond donors (Lipinski definition) is 2. The fourth-order valence-electron chi connectivity index (χ4n) is 1.63. The molecule has 2 rings (SSSR count). The van der Waals surface area contributed by atoms with Crippen LogP contribution in [0.3, 0.4) is 0 Å². The van der Waals surface area contributed by atoms with Gasteiger partial charge in [-0.15, -0.1) is 0 Å². The molecule has 1 aliphatic heterocycles. The van der Waals surface area contributed by atoms with Gasteiger partial charge in [0.25, 0.3) is 0 Å². The minimum atomic E-state index is -0.598. The van der Waals surface area contributed by atoms with Crippen molar-refractivity contribution in [1.82, 2.24) is 10.3 Å². The molecule has 0 radical (unpaired) electrons. The van der Waals surface area contributed by atoms with Crippen LogP contribution in [0, 0.1) is 6.92 Å². The molecule has 0 aliphatic carbocycles. The van der Waals surface area contributed by atoms with Crippen LogP contribution >= 0.6 is 11.6 Å². The number of rotatable bonds is 4. The molecular formula is C12H16ClN3O3. The Hall–Kier alpha value is -1.53. The molecule has 1 aliphatic rings. The summed E-state index contributed by atoms with van der Waals surface area (Å²) in [5.74, 6) is 0.601. The molecule has 1 aromatic rings. The Morgan fingerprint density at radius 1 is 1.68 bits per heavy atom. The van der Waals surface area contributed by atoms with Crippen LogP contribution in [0.4, 0.5) is 10.5 Å². The quantitative estimate of drug-likeness (QED) is 0.828. The van der Waals surface area contributed by atoms with E-state index in [1.165, 1.54) is 7.11 Å². The number of ether oxygens (including phenoxy) is 2. The summed E-state index contributed by atoms with van der Waals surface area (Å²) in [5, 5.41) is 5.94. The van der Waals surface area contributed by atoms with Crippen LogP contribution in [0.15, 0.2) is 6.07 Å². The SMILES string of the molecule is COC(=O)Nc1cc(OC[C@@H]2CCN2)c(C)nc1Cl. The lowest BCUT2D eigenvalue weighted by atomic mass is 10.1. The van der Waals surface area contributed by atoms with E-state index in [-0.39, 0.29) is 5.15 Å². The molecule has 19 heavy (non-hydrogen) atoms. The van der Waals surface area contributed by atoms with Crippen LogP contribution in [0.2, 0.25) is 5.15 Å². The van der Waals surface area contributed by atoms with Crippen molar-refractivity contribution >= 4 is 23.4 Å². The summed E-state index contributed by atoms with van der Waals surface area (Å²) in [6, 6.07) is 2.03. The van der Waals surface area contributed by atoms with Gasteiger partial charge in [-0.3, -0.25) is 5.32 Å². The van der Waals surface area contributed by atoms with Crippen LogP contribution in [-0.2, 0) is 4.74 Å². The normalized spacial score (nSPS) is 17.5. The molecule has 0 spiro atoms. The van der Waals surface area contributed by atoms with Gasteiger partial charge >= 0.3 is 6.09 Å². The molecule has 0 unspecified atom stereocenters. The standard InChI is InChI=1S/C12H16ClN3O3/c1-7-10(19-6-8-3-4-14-8)5-9(11(13)15-7)16-12(17)18-2/h5,8,14H,3-4,6H2,1-2H3,(H,16,17)/t8-/m0/s1. The van der Waals surface area contributed by atoms with E-state index < -0.39 is 6.09 Å². The predicted octanol–water partition coefficient (Wildman–Crippen LogP) is 1.96. The molecule has 1 atom stereocenters. The van der Waals surface area contributed by atoms with E-state index in [4.69, 9.17) is 16.3 Å². The number of carbonyl (C=O) groups excluding carboxylic acids is 1. The highest BCUT2D eigenvalue weighted by atomic mass is 35.5. The number of aromatic nitrogens is 1. The maximum atomic E-state index is 11.2. The van der Waals surface area contributed by atoms with Crippen LogP contribution in [-0.4, -0.2) is 37.4 Å².